The minimum absolute atomic E-state index is 1.14. The van der Waals surface area contributed by atoms with Crippen molar-refractivity contribution in [1.82, 2.24) is 9.13 Å². The van der Waals surface area contributed by atoms with Crippen molar-refractivity contribution in [3.05, 3.63) is 267 Å². The standard InChI is InChI=1S/C66H44N2SSi/c1-5-18-45(19-6-1)46-34-38-62-59(40-46)56-36-32-47(48-33-37-58-57-29-14-16-31-65(57)69-66(58)42-48)41-64(56)68(62)50-35-39-63-60(44-50)55-28-13-15-30-61(55)67(63)49-20-17-27-54(43-49)70(51-21-7-2-8-22-51,52-23-9-3-10-24-52)53-25-11-4-12-26-53/h1-44H. The lowest BCUT2D eigenvalue weighted by atomic mass is 10.0. The third-order valence-corrected chi connectivity index (χ3v) is 20.6. The van der Waals surface area contributed by atoms with E-state index in [0.29, 0.717) is 0 Å². The van der Waals surface area contributed by atoms with Gasteiger partial charge in [-0.15, -0.1) is 11.3 Å². The molecule has 0 aliphatic carbocycles. The predicted molar refractivity (Wildman–Crippen MR) is 302 cm³/mol. The van der Waals surface area contributed by atoms with Gasteiger partial charge in [0.1, 0.15) is 0 Å². The zero-order chi connectivity index (χ0) is 46.2. The summed E-state index contributed by atoms with van der Waals surface area (Å²) in [5.74, 6) is 0. The number of hydrogen-bond donors (Lipinski definition) is 0. The Kier molecular flexibility index (Phi) is 9.44. The van der Waals surface area contributed by atoms with Crippen molar-refractivity contribution in [3.8, 4) is 33.6 Å². The lowest BCUT2D eigenvalue weighted by Crippen LogP contribution is -2.74. The second-order valence-electron chi connectivity index (χ2n) is 18.4. The number of aromatic nitrogens is 2. The van der Waals surface area contributed by atoms with Crippen LogP contribution in [-0.2, 0) is 0 Å². The quantitative estimate of drug-likeness (QED) is 0.106. The number of thiophene rings is 1. The molecule has 0 aliphatic heterocycles. The van der Waals surface area contributed by atoms with E-state index in [1.807, 2.05) is 11.3 Å². The summed E-state index contributed by atoms with van der Waals surface area (Å²) in [4.78, 5) is 0. The van der Waals surface area contributed by atoms with Gasteiger partial charge in [-0.05, 0) is 110 Å². The van der Waals surface area contributed by atoms with E-state index < -0.39 is 8.07 Å². The zero-order valence-corrected chi connectivity index (χ0v) is 40.0. The van der Waals surface area contributed by atoms with Gasteiger partial charge in [0.15, 0.2) is 8.07 Å². The van der Waals surface area contributed by atoms with Gasteiger partial charge in [-0.3, -0.25) is 0 Å². The molecule has 0 saturated heterocycles. The van der Waals surface area contributed by atoms with E-state index in [9.17, 15) is 0 Å². The molecule has 0 spiro atoms. The summed E-state index contributed by atoms with van der Waals surface area (Å²) in [6.07, 6.45) is 0. The summed E-state index contributed by atoms with van der Waals surface area (Å²) < 4.78 is 7.61. The van der Waals surface area contributed by atoms with Crippen LogP contribution in [0.4, 0.5) is 0 Å². The number of nitrogens with zero attached hydrogens (tertiary/aromatic N) is 2. The van der Waals surface area contributed by atoms with Crippen molar-refractivity contribution in [2.45, 2.75) is 0 Å². The molecule has 70 heavy (non-hydrogen) atoms. The lowest BCUT2D eigenvalue weighted by Gasteiger charge is -2.34. The summed E-state index contributed by atoms with van der Waals surface area (Å²) in [7, 11) is -2.77. The van der Waals surface area contributed by atoms with Crippen LogP contribution < -0.4 is 20.7 Å². The summed E-state index contributed by atoms with van der Waals surface area (Å²) in [6.45, 7) is 0. The topological polar surface area (TPSA) is 9.86 Å². The number of rotatable bonds is 8. The summed E-state index contributed by atoms with van der Waals surface area (Å²) in [5, 5.41) is 13.0. The van der Waals surface area contributed by atoms with Gasteiger partial charge >= 0.3 is 0 Å². The van der Waals surface area contributed by atoms with E-state index in [0.717, 1.165) is 11.4 Å². The minimum Gasteiger partial charge on any atom is -0.309 e. The van der Waals surface area contributed by atoms with Gasteiger partial charge < -0.3 is 9.13 Å². The molecule has 14 aromatic rings. The van der Waals surface area contributed by atoms with Gasteiger partial charge in [-0.2, -0.15) is 0 Å². The Morgan fingerprint density at radius 2 is 0.714 bits per heavy atom. The fourth-order valence-electron chi connectivity index (χ4n) is 11.5. The van der Waals surface area contributed by atoms with Crippen LogP contribution in [0, 0.1) is 0 Å². The van der Waals surface area contributed by atoms with Crippen LogP contribution in [0.3, 0.4) is 0 Å². The Morgan fingerprint density at radius 3 is 1.43 bits per heavy atom. The van der Waals surface area contributed by atoms with Gasteiger partial charge in [0, 0.05) is 53.1 Å². The van der Waals surface area contributed by atoms with Crippen molar-refractivity contribution < 1.29 is 0 Å². The minimum atomic E-state index is -2.77. The van der Waals surface area contributed by atoms with E-state index in [1.165, 1.54) is 107 Å². The van der Waals surface area contributed by atoms with Gasteiger partial charge in [0.2, 0.25) is 0 Å². The van der Waals surface area contributed by atoms with Crippen molar-refractivity contribution in [2.24, 2.45) is 0 Å². The van der Waals surface area contributed by atoms with Crippen LogP contribution in [0.15, 0.2) is 267 Å². The van der Waals surface area contributed by atoms with Crippen molar-refractivity contribution >= 4 is 104 Å². The third-order valence-electron chi connectivity index (χ3n) is 14.7. The van der Waals surface area contributed by atoms with E-state index in [2.05, 4.69) is 276 Å². The molecule has 0 atom stereocenters. The second kappa shape index (κ2) is 16.3. The van der Waals surface area contributed by atoms with Crippen LogP contribution in [0.5, 0.6) is 0 Å². The molecule has 3 aromatic heterocycles. The maximum atomic E-state index is 2.49. The van der Waals surface area contributed by atoms with E-state index >= 15 is 0 Å². The Bertz CT molecular complexity index is 4190. The molecule has 0 amide bonds. The molecule has 0 fully saturated rings. The van der Waals surface area contributed by atoms with E-state index in [4.69, 9.17) is 0 Å². The Labute approximate surface area is 411 Å². The monoisotopic (exact) mass is 924 g/mol. The first-order chi connectivity index (χ1) is 34.7. The van der Waals surface area contributed by atoms with Gasteiger partial charge in [-0.25, -0.2) is 0 Å². The highest BCUT2D eigenvalue weighted by molar-refractivity contribution is 7.25. The summed E-state index contributed by atoms with van der Waals surface area (Å²) in [6, 6.07) is 99.6. The molecule has 0 saturated carbocycles. The van der Waals surface area contributed by atoms with Crippen LogP contribution in [0.25, 0.3) is 97.4 Å². The molecule has 0 radical (unpaired) electrons. The summed E-state index contributed by atoms with van der Waals surface area (Å²) in [5.41, 5.74) is 11.9. The van der Waals surface area contributed by atoms with Gasteiger partial charge in [-0.1, -0.05) is 200 Å². The average Bonchev–Trinajstić information content (AvgIpc) is 4.09. The molecular formula is C66H44N2SSi. The molecule has 328 valence electrons. The molecule has 0 bridgehead atoms. The molecule has 14 rings (SSSR count). The maximum Gasteiger partial charge on any atom is 0.179 e. The van der Waals surface area contributed by atoms with E-state index in [-0.39, 0.29) is 0 Å². The summed E-state index contributed by atoms with van der Waals surface area (Å²) >= 11 is 1.87. The number of fused-ring (bicyclic) bond motifs is 9. The highest BCUT2D eigenvalue weighted by Gasteiger charge is 2.41. The Balaban J connectivity index is 0.975. The molecule has 2 nitrogen and oxygen atoms in total. The highest BCUT2D eigenvalue weighted by Crippen LogP contribution is 2.41. The third kappa shape index (κ3) is 6.31. The van der Waals surface area contributed by atoms with Crippen molar-refractivity contribution in [1.29, 1.82) is 0 Å². The predicted octanol–water partition coefficient (Wildman–Crippen LogP) is 15.0. The first kappa shape index (κ1) is 40.5. The molecule has 0 N–H and O–H groups in total. The largest absolute Gasteiger partial charge is 0.309 e. The zero-order valence-electron chi connectivity index (χ0n) is 38.2. The van der Waals surface area contributed by atoms with Crippen LogP contribution in [0.1, 0.15) is 0 Å². The SMILES string of the molecule is c1ccc(-c2ccc3c(c2)c2ccc(-c4ccc5c(c4)sc4ccccc45)cc2n3-c2ccc3c(c2)c2ccccc2n3-c2cccc([Si](c3ccccc3)(c3ccccc3)c3ccccc3)c2)cc1. The molecule has 4 heteroatoms. The molecule has 3 heterocycles. The second-order valence-corrected chi connectivity index (χ2v) is 23.3. The lowest BCUT2D eigenvalue weighted by molar-refractivity contribution is 1.17. The number of hydrogen-bond acceptors (Lipinski definition) is 1. The molecular weight excluding hydrogens is 881 g/mol. The average molecular weight is 925 g/mol. The maximum absolute atomic E-state index is 2.77. The van der Waals surface area contributed by atoms with Crippen molar-refractivity contribution in [2.75, 3.05) is 0 Å². The van der Waals surface area contributed by atoms with Crippen LogP contribution in [0.2, 0.25) is 0 Å². The fraction of sp³-hybridized carbons (Fsp3) is 0. The first-order valence-corrected chi connectivity index (χ1v) is 26.9. The highest BCUT2D eigenvalue weighted by atomic mass is 32.1. The van der Waals surface area contributed by atoms with E-state index in [1.54, 1.807) is 0 Å². The molecule has 0 unspecified atom stereocenters. The van der Waals surface area contributed by atoms with Crippen LogP contribution >= 0.6 is 11.3 Å². The van der Waals surface area contributed by atoms with Crippen LogP contribution in [-0.4, -0.2) is 17.2 Å². The molecule has 11 aromatic carbocycles. The fourth-order valence-corrected chi connectivity index (χ4v) is 17.4. The normalized spacial score (nSPS) is 12.0. The smallest absolute Gasteiger partial charge is 0.179 e. The Hall–Kier alpha value is -8.54. The molecule has 0 aliphatic rings. The number of benzene rings is 11. The van der Waals surface area contributed by atoms with Crippen molar-refractivity contribution in [3.63, 3.8) is 0 Å². The Morgan fingerprint density at radius 1 is 0.243 bits per heavy atom. The van der Waals surface area contributed by atoms with Gasteiger partial charge in [0.05, 0.1) is 22.1 Å². The first-order valence-electron chi connectivity index (χ1n) is 24.1. The number of para-hydroxylation sites is 1. The van der Waals surface area contributed by atoms with Gasteiger partial charge in [0.25, 0.3) is 0 Å².